The predicted molar refractivity (Wildman–Crippen MR) is 104 cm³/mol. The zero-order chi connectivity index (χ0) is 18.5. The Bertz CT molecular complexity index is 396. The predicted octanol–water partition coefficient (Wildman–Crippen LogP) is 3.85. The maximum atomic E-state index is 12.2. The Morgan fingerprint density at radius 3 is 1.88 bits per heavy atom. The molecule has 26 heavy (non-hydrogen) atoms. The zero-order valence-corrected chi connectivity index (χ0v) is 16.4. The summed E-state index contributed by atoms with van der Waals surface area (Å²) in [6, 6.07) is 0.289. The largest absolute Gasteiger partial charge is 0.376 e. The van der Waals surface area contributed by atoms with Crippen molar-refractivity contribution in [1.29, 1.82) is 0 Å². The first-order chi connectivity index (χ1) is 12.7. The summed E-state index contributed by atoms with van der Waals surface area (Å²) in [6.07, 6.45) is 16.7. The van der Waals surface area contributed by atoms with Crippen LogP contribution in [0.2, 0.25) is 0 Å². The molecular weight excluding hydrogens is 328 g/mol. The highest BCUT2D eigenvalue weighted by molar-refractivity contribution is 5.83. The van der Waals surface area contributed by atoms with Gasteiger partial charge in [-0.15, -0.1) is 0 Å². The van der Waals surface area contributed by atoms with Crippen molar-refractivity contribution in [2.45, 2.75) is 108 Å². The molecule has 2 rings (SSSR count). The van der Waals surface area contributed by atoms with Crippen molar-refractivity contribution in [3.8, 4) is 0 Å². The van der Waals surface area contributed by atoms with E-state index in [1.807, 2.05) is 0 Å². The maximum Gasteiger partial charge on any atom is 0.220 e. The number of hydrogen-bond donors (Lipinski definition) is 2. The topological polar surface area (TPSA) is 67.4 Å². The molecule has 1 heterocycles. The van der Waals surface area contributed by atoms with Gasteiger partial charge in [0.15, 0.2) is 0 Å². The Morgan fingerprint density at radius 2 is 1.31 bits per heavy atom. The van der Waals surface area contributed by atoms with E-state index in [1.54, 1.807) is 0 Å². The lowest BCUT2D eigenvalue weighted by molar-refractivity contribution is -0.127. The normalized spacial score (nSPS) is 23.6. The fraction of sp³-hybridized carbons (Fsp3) is 0.905. The van der Waals surface area contributed by atoms with Crippen molar-refractivity contribution in [3.63, 3.8) is 0 Å². The summed E-state index contributed by atoms with van der Waals surface area (Å²) in [7, 11) is 0. The standard InChI is InChI=1S/C21H38N2O3/c24-20(22-17-19-13-10-16-26-19)14-15-21(25)23-18-11-8-6-4-2-1-3-5-7-9-12-18/h18-19H,1-17H2,(H,22,24)(H,23,25). The van der Waals surface area contributed by atoms with Gasteiger partial charge >= 0.3 is 0 Å². The quantitative estimate of drug-likeness (QED) is 0.750. The molecule has 1 saturated heterocycles. The van der Waals surface area contributed by atoms with E-state index in [0.717, 1.165) is 32.3 Å². The van der Waals surface area contributed by atoms with E-state index < -0.39 is 0 Å². The minimum absolute atomic E-state index is 0.0226. The van der Waals surface area contributed by atoms with E-state index in [4.69, 9.17) is 4.74 Å². The molecule has 0 spiro atoms. The van der Waals surface area contributed by atoms with Crippen molar-refractivity contribution >= 4 is 11.8 Å². The fourth-order valence-corrected chi connectivity index (χ4v) is 3.96. The lowest BCUT2D eigenvalue weighted by Crippen LogP contribution is -2.36. The van der Waals surface area contributed by atoms with Crippen LogP contribution in [-0.4, -0.2) is 37.1 Å². The molecule has 0 radical (unpaired) electrons. The van der Waals surface area contributed by atoms with E-state index in [0.29, 0.717) is 6.54 Å². The first kappa shape index (κ1) is 21.2. The molecular formula is C21H38N2O3. The van der Waals surface area contributed by atoms with Crippen LogP contribution in [0.3, 0.4) is 0 Å². The molecule has 2 fully saturated rings. The van der Waals surface area contributed by atoms with Crippen LogP contribution in [0.5, 0.6) is 0 Å². The molecule has 2 aliphatic rings. The lowest BCUT2D eigenvalue weighted by Gasteiger charge is -2.19. The summed E-state index contributed by atoms with van der Waals surface area (Å²) in [4.78, 5) is 24.1. The Labute approximate surface area is 159 Å². The smallest absolute Gasteiger partial charge is 0.220 e. The third kappa shape index (κ3) is 9.56. The van der Waals surface area contributed by atoms with Gasteiger partial charge in [-0.2, -0.15) is 0 Å². The summed E-state index contributed by atoms with van der Waals surface area (Å²) in [5.74, 6) is -0.0243. The van der Waals surface area contributed by atoms with Crippen molar-refractivity contribution in [2.24, 2.45) is 0 Å². The molecule has 1 aliphatic heterocycles. The van der Waals surface area contributed by atoms with E-state index in [-0.39, 0.29) is 36.8 Å². The molecule has 1 unspecified atom stereocenters. The SMILES string of the molecule is O=C(CCC(=O)NC1CCCCCCCCCCC1)NCC1CCCO1. The molecule has 1 atom stereocenters. The average molecular weight is 367 g/mol. The van der Waals surface area contributed by atoms with E-state index >= 15 is 0 Å². The van der Waals surface area contributed by atoms with Crippen LogP contribution in [0, 0.1) is 0 Å². The highest BCUT2D eigenvalue weighted by Crippen LogP contribution is 2.17. The Kier molecular flexibility index (Phi) is 10.7. The van der Waals surface area contributed by atoms with Crippen LogP contribution in [-0.2, 0) is 14.3 Å². The molecule has 0 aromatic heterocycles. The minimum atomic E-state index is -0.0469. The number of amides is 2. The number of rotatable bonds is 6. The van der Waals surface area contributed by atoms with Crippen LogP contribution >= 0.6 is 0 Å². The second kappa shape index (κ2) is 13.1. The number of nitrogens with one attached hydrogen (secondary N) is 2. The van der Waals surface area contributed by atoms with Gasteiger partial charge in [0, 0.05) is 32.0 Å². The second-order valence-corrected chi connectivity index (χ2v) is 7.96. The number of hydrogen-bond acceptors (Lipinski definition) is 3. The summed E-state index contributed by atoms with van der Waals surface area (Å²) < 4.78 is 5.49. The second-order valence-electron chi connectivity index (χ2n) is 7.96. The molecule has 5 nitrogen and oxygen atoms in total. The van der Waals surface area contributed by atoms with Gasteiger partial charge in [0.1, 0.15) is 0 Å². The van der Waals surface area contributed by atoms with E-state index in [1.165, 1.54) is 57.8 Å². The summed E-state index contributed by atoms with van der Waals surface area (Å²) >= 11 is 0. The monoisotopic (exact) mass is 366 g/mol. The molecule has 2 N–H and O–H groups in total. The van der Waals surface area contributed by atoms with Crippen LogP contribution in [0.4, 0.5) is 0 Å². The summed E-state index contributed by atoms with van der Waals surface area (Å²) in [5, 5.41) is 6.07. The van der Waals surface area contributed by atoms with Gasteiger partial charge in [0.05, 0.1) is 6.10 Å². The van der Waals surface area contributed by atoms with Gasteiger partial charge in [-0.3, -0.25) is 9.59 Å². The average Bonchev–Trinajstić information content (AvgIpc) is 3.14. The Hall–Kier alpha value is -1.10. The molecule has 1 saturated carbocycles. The Balaban J connectivity index is 1.60. The number of carbonyl (C=O) groups is 2. The van der Waals surface area contributed by atoms with Gasteiger partial charge in [-0.05, 0) is 25.7 Å². The molecule has 5 heteroatoms. The van der Waals surface area contributed by atoms with Crippen molar-refractivity contribution < 1.29 is 14.3 Å². The van der Waals surface area contributed by atoms with Crippen molar-refractivity contribution in [2.75, 3.05) is 13.2 Å². The van der Waals surface area contributed by atoms with Gasteiger partial charge in [0.25, 0.3) is 0 Å². The maximum absolute atomic E-state index is 12.2. The highest BCUT2D eigenvalue weighted by atomic mass is 16.5. The fourth-order valence-electron chi connectivity index (χ4n) is 3.96. The summed E-state index contributed by atoms with van der Waals surface area (Å²) in [6.45, 7) is 1.37. The van der Waals surface area contributed by atoms with Crippen LogP contribution in [0.1, 0.15) is 96.3 Å². The zero-order valence-electron chi connectivity index (χ0n) is 16.4. The Morgan fingerprint density at radius 1 is 0.731 bits per heavy atom. The van der Waals surface area contributed by atoms with Crippen molar-refractivity contribution in [1.82, 2.24) is 10.6 Å². The van der Waals surface area contributed by atoms with Gasteiger partial charge in [-0.25, -0.2) is 0 Å². The van der Waals surface area contributed by atoms with Crippen molar-refractivity contribution in [3.05, 3.63) is 0 Å². The summed E-state index contributed by atoms with van der Waals surface area (Å²) in [5.41, 5.74) is 0. The molecule has 2 amide bonds. The lowest BCUT2D eigenvalue weighted by atomic mass is 9.98. The third-order valence-electron chi connectivity index (χ3n) is 5.60. The molecule has 150 valence electrons. The highest BCUT2D eigenvalue weighted by Gasteiger charge is 2.17. The van der Waals surface area contributed by atoms with E-state index in [9.17, 15) is 9.59 Å². The van der Waals surface area contributed by atoms with Gasteiger partial charge in [-0.1, -0.05) is 57.8 Å². The van der Waals surface area contributed by atoms with Gasteiger partial charge in [0.2, 0.25) is 11.8 Å². The van der Waals surface area contributed by atoms with Crippen LogP contribution < -0.4 is 10.6 Å². The van der Waals surface area contributed by atoms with Gasteiger partial charge < -0.3 is 15.4 Å². The molecule has 1 aliphatic carbocycles. The van der Waals surface area contributed by atoms with E-state index in [2.05, 4.69) is 10.6 Å². The molecule has 0 bridgehead atoms. The van der Waals surface area contributed by atoms with Crippen LogP contribution in [0.15, 0.2) is 0 Å². The first-order valence-electron chi connectivity index (χ1n) is 10.9. The number of ether oxygens (including phenoxy) is 1. The van der Waals surface area contributed by atoms with Crippen LogP contribution in [0.25, 0.3) is 0 Å². The molecule has 0 aromatic carbocycles. The molecule has 0 aromatic rings. The number of carbonyl (C=O) groups excluding carboxylic acids is 2. The third-order valence-corrected chi connectivity index (χ3v) is 5.60. The first-order valence-corrected chi connectivity index (χ1v) is 10.9. The minimum Gasteiger partial charge on any atom is -0.376 e.